The van der Waals surface area contributed by atoms with Crippen LogP contribution in [-0.4, -0.2) is 66.2 Å². The number of piperazine rings is 1. The number of carbonyl (C=O) groups is 1. The molecule has 2 aliphatic rings. The third-order valence-electron chi connectivity index (χ3n) is 5.41. The van der Waals surface area contributed by atoms with Crippen molar-refractivity contribution in [3.63, 3.8) is 0 Å². The number of hydrogen-bond acceptors (Lipinski definition) is 4. The van der Waals surface area contributed by atoms with Crippen LogP contribution >= 0.6 is 0 Å². The van der Waals surface area contributed by atoms with Crippen LogP contribution in [-0.2, 0) is 11.2 Å². The molecule has 5 nitrogen and oxygen atoms in total. The van der Waals surface area contributed by atoms with Crippen molar-refractivity contribution in [2.45, 2.75) is 44.8 Å². The molecule has 1 aromatic carbocycles. The molecule has 1 aliphatic carbocycles. The topological polar surface area (TPSA) is 53.0 Å². The van der Waals surface area contributed by atoms with Crippen LogP contribution in [0.2, 0.25) is 0 Å². The molecule has 0 bridgehead atoms. The van der Waals surface area contributed by atoms with Crippen LogP contribution in [0.15, 0.2) is 18.2 Å². The van der Waals surface area contributed by atoms with Gasteiger partial charge in [-0.25, -0.2) is 0 Å². The van der Waals surface area contributed by atoms with Gasteiger partial charge in [0.25, 0.3) is 0 Å². The summed E-state index contributed by atoms with van der Waals surface area (Å²) in [5.41, 5.74) is 2.08. The number of hydrogen-bond donors (Lipinski definition) is 1. The van der Waals surface area contributed by atoms with Crippen LogP contribution in [0.1, 0.15) is 30.4 Å². The number of aliphatic hydroxyl groups excluding tert-OH is 1. The highest BCUT2D eigenvalue weighted by molar-refractivity contribution is 5.79. The molecule has 3 rings (SSSR count). The van der Waals surface area contributed by atoms with E-state index < -0.39 is 0 Å². The molecule has 0 spiro atoms. The molecular formula is C19H28N2O3. The molecular weight excluding hydrogens is 304 g/mol. The minimum Gasteiger partial charge on any atom is -0.496 e. The van der Waals surface area contributed by atoms with E-state index >= 15 is 0 Å². The lowest BCUT2D eigenvalue weighted by molar-refractivity contribution is -0.132. The smallest absolute Gasteiger partial charge is 0.227 e. The van der Waals surface area contributed by atoms with Gasteiger partial charge in [0.15, 0.2) is 0 Å². The summed E-state index contributed by atoms with van der Waals surface area (Å²) in [6, 6.07) is 6.25. The number of aliphatic hydroxyl groups is 1. The van der Waals surface area contributed by atoms with E-state index in [-0.39, 0.29) is 12.0 Å². The Morgan fingerprint density at radius 1 is 1.25 bits per heavy atom. The van der Waals surface area contributed by atoms with Crippen LogP contribution < -0.4 is 4.74 Å². The number of methoxy groups -OCH3 is 1. The fraction of sp³-hybridized carbons (Fsp3) is 0.632. The standard InChI is InChI=1S/C19H28N2O3/c1-14-6-7-15(12-18(14)24-2)13-19(23)21-10-8-20(9-11-21)16-4-3-5-17(16)22/h6-7,12,16-17,22H,3-5,8-11,13H2,1-2H3/t16-,17+/m0/s1. The maximum absolute atomic E-state index is 12.6. The van der Waals surface area contributed by atoms with Gasteiger partial charge in [-0.2, -0.15) is 0 Å². The monoisotopic (exact) mass is 332 g/mol. The molecule has 1 heterocycles. The Kier molecular flexibility index (Phi) is 5.41. The van der Waals surface area contributed by atoms with E-state index in [2.05, 4.69) is 4.90 Å². The molecule has 0 radical (unpaired) electrons. The summed E-state index contributed by atoms with van der Waals surface area (Å²) in [7, 11) is 1.66. The third-order valence-corrected chi connectivity index (χ3v) is 5.41. The molecule has 1 N–H and O–H groups in total. The zero-order valence-electron chi connectivity index (χ0n) is 14.7. The highest BCUT2D eigenvalue weighted by Crippen LogP contribution is 2.25. The lowest BCUT2D eigenvalue weighted by atomic mass is 10.1. The largest absolute Gasteiger partial charge is 0.496 e. The van der Waals surface area contributed by atoms with E-state index in [0.717, 1.165) is 62.3 Å². The zero-order valence-corrected chi connectivity index (χ0v) is 14.7. The van der Waals surface area contributed by atoms with Crippen LogP contribution in [0.4, 0.5) is 0 Å². The molecule has 1 saturated carbocycles. The number of rotatable bonds is 4. The van der Waals surface area contributed by atoms with Gasteiger partial charge in [-0.05, 0) is 43.4 Å². The lowest BCUT2D eigenvalue weighted by Crippen LogP contribution is -2.53. The number of aryl methyl sites for hydroxylation is 1. The van der Waals surface area contributed by atoms with Crippen molar-refractivity contribution in [2.24, 2.45) is 0 Å². The normalized spacial score (nSPS) is 25.0. The molecule has 1 aliphatic heterocycles. The summed E-state index contributed by atoms with van der Waals surface area (Å²) in [6.07, 6.45) is 3.34. The molecule has 1 aromatic rings. The van der Waals surface area contributed by atoms with Gasteiger partial charge in [-0.3, -0.25) is 9.69 Å². The Balaban J connectivity index is 1.53. The van der Waals surface area contributed by atoms with Crippen molar-refractivity contribution in [3.05, 3.63) is 29.3 Å². The summed E-state index contributed by atoms with van der Waals surface area (Å²) in [5, 5.41) is 10.0. The maximum Gasteiger partial charge on any atom is 0.227 e. The van der Waals surface area contributed by atoms with E-state index in [4.69, 9.17) is 4.74 Å². The van der Waals surface area contributed by atoms with Crippen molar-refractivity contribution >= 4 is 5.91 Å². The third kappa shape index (κ3) is 3.73. The van der Waals surface area contributed by atoms with Crippen LogP contribution in [0.5, 0.6) is 5.75 Å². The number of amides is 1. The van der Waals surface area contributed by atoms with Crippen molar-refractivity contribution in [3.8, 4) is 5.75 Å². The second-order valence-corrected chi connectivity index (χ2v) is 6.96. The van der Waals surface area contributed by atoms with Gasteiger partial charge in [0.1, 0.15) is 5.75 Å². The first-order chi connectivity index (χ1) is 11.6. The summed E-state index contributed by atoms with van der Waals surface area (Å²) in [6.45, 7) is 5.24. The molecule has 24 heavy (non-hydrogen) atoms. The van der Waals surface area contributed by atoms with E-state index in [1.807, 2.05) is 30.0 Å². The second kappa shape index (κ2) is 7.53. The van der Waals surface area contributed by atoms with E-state index in [0.29, 0.717) is 12.5 Å². The molecule has 132 valence electrons. The van der Waals surface area contributed by atoms with Crippen LogP contribution in [0.25, 0.3) is 0 Å². The van der Waals surface area contributed by atoms with Gasteiger partial charge < -0.3 is 14.7 Å². The lowest BCUT2D eigenvalue weighted by Gasteiger charge is -2.39. The number of ether oxygens (including phenoxy) is 1. The van der Waals surface area contributed by atoms with Gasteiger partial charge in [-0.1, -0.05) is 12.1 Å². The van der Waals surface area contributed by atoms with Crippen LogP contribution in [0, 0.1) is 6.92 Å². The highest BCUT2D eigenvalue weighted by Gasteiger charge is 2.33. The van der Waals surface area contributed by atoms with Crippen molar-refractivity contribution in [1.29, 1.82) is 0 Å². The fourth-order valence-electron chi connectivity index (χ4n) is 3.91. The average Bonchev–Trinajstić information content (AvgIpc) is 3.02. The maximum atomic E-state index is 12.6. The van der Waals surface area contributed by atoms with Crippen molar-refractivity contribution < 1.29 is 14.6 Å². The highest BCUT2D eigenvalue weighted by atomic mass is 16.5. The average molecular weight is 332 g/mol. The minimum atomic E-state index is -0.188. The van der Waals surface area contributed by atoms with E-state index in [1.54, 1.807) is 7.11 Å². The minimum absolute atomic E-state index is 0.174. The quantitative estimate of drug-likeness (QED) is 0.910. The Labute approximate surface area is 144 Å². The molecule has 2 atom stereocenters. The second-order valence-electron chi connectivity index (χ2n) is 6.96. The number of nitrogens with zero attached hydrogens (tertiary/aromatic N) is 2. The summed E-state index contributed by atoms with van der Waals surface area (Å²) in [4.78, 5) is 16.9. The Morgan fingerprint density at radius 3 is 2.62 bits per heavy atom. The molecule has 0 unspecified atom stereocenters. The van der Waals surface area contributed by atoms with Crippen LogP contribution in [0.3, 0.4) is 0 Å². The van der Waals surface area contributed by atoms with Crippen molar-refractivity contribution in [2.75, 3.05) is 33.3 Å². The predicted octanol–water partition coefficient (Wildman–Crippen LogP) is 1.60. The Hall–Kier alpha value is -1.59. The SMILES string of the molecule is COc1cc(CC(=O)N2CCN([C@H]3CCC[C@H]3O)CC2)ccc1C. The molecule has 0 aromatic heterocycles. The van der Waals surface area contributed by atoms with Gasteiger partial charge in [-0.15, -0.1) is 0 Å². The number of benzene rings is 1. The summed E-state index contributed by atoms with van der Waals surface area (Å²) in [5.74, 6) is 1.01. The van der Waals surface area contributed by atoms with E-state index in [9.17, 15) is 9.90 Å². The molecule has 1 saturated heterocycles. The summed E-state index contributed by atoms with van der Waals surface area (Å²) >= 11 is 0. The molecule has 2 fully saturated rings. The Morgan fingerprint density at radius 2 is 2.00 bits per heavy atom. The predicted molar refractivity (Wildman–Crippen MR) is 93.2 cm³/mol. The molecule has 1 amide bonds. The first-order valence-corrected chi connectivity index (χ1v) is 8.92. The fourth-order valence-corrected chi connectivity index (χ4v) is 3.91. The van der Waals surface area contributed by atoms with Crippen molar-refractivity contribution in [1.82, 2.24) is 9.80 Å². The first-order valence-electron chi connectivity index (χ1n) is 8.92. The molecule has 5 heteroatoms. The van der Waals surface area contributed by atoms with E-state index in [1.165, 1.54) is 0 Å². The van der Waals surface area contributed by atoms with Gasteiger partial charge in [0, 0.05) is 32.2 Å². The number of carbonyl (C=O) groups excluding carboxylic acids is 1. The summed E-state index contributed by atoms with van der Waals surface area (Å²) < 4.78 is 5.34. The van der Waals surface area contributed by atoms with Gasteiger partial charge in [0.2, 0.25) is 5.91 Å². The zero-order chi connectivity index (χ0) is 17.1. The first kappa shape index (κ1) is 17.2. The Bertz CT molecular complexity index is 582. The van der Waals surface area contributed by atoms with Gasteiger partial charge >= 0.3 is 0 Å². The van der Waals surface area contributed by atoms with Gasteiger partial charge in [0.05, 0.1) is 19.6 Å².